The van der Waals surface area contributed by atoms with Crippen molar-refractivity contribution in [1.29, 1.82) is 0 Å². The van der Waals surface area contributed by atoms with Gasteiger partial charge in [0.05, 0.1) is 6.10 Å². The Hall–Kier alpha value is -1.64. The second-order valence-electron chi connectivity index (χ2n) is 6.33. The Balaban J connectivity index is 1.93. The lowest BCUT2D eigenvalue weighted by molar-refractivity contribution is -0.226. The Morgan fingerprint density at radius 1 is 1.39 bits per heavy atom. The number of hydrogen-bond donors (Lipinski definition) is 1. The topological polar surface area (TPSA) is 79.5 Å². The molecule has 0 spiro atoms. The summed E-state index contributed by atoms with van der Waals surface area (Å²) in [5.74, 6) is -0.581. The highest BCUT2D eigenvalue weighted by atomic mass is 19.4. The lowest BCUT2D eigenvalue weighted by Crippen LogP contribution is -2.51. The smallest absolute Gasteiger partial charge is 0.391 e. The molecule has 2 aliphatic rings. The molecular formula is C14H18F3N3O3. The molecule has 1 saturated carbocycles. The summed E-state index contributed by atoms with van der Waals surface area (Å²) < 4.78 is 45.8. The molecule has 1 aliphatic carbocycles. The zero-order chi connectivity index (χ0) is 16.8. The number of carbonyl (C=O) groups excluding carboxylic acids is 1. The fourth-order valence-electron chi connectivity index (χ4n) is 3.59. The van der Waals surface area contributed by atoms with E-state index < -0.39 is 29.6 Å². The molecule has 2 atom stereocenters. The molecule has 1 aromatic heterocycles. The van der Waals surface area contributed by atoms with Crippen molar-refractivity contribution < 1.29 is 27.6 Å². The fourth-order valence-corrected chi connectivity index (χ4v) is 3.59. The summed E-state index contributed by atoms with van der Waals surface area (Å²) in [7, 11) is 0. The average Bonchev–Trinajstić information content (AvgIpc) is 3.15. The molecule has 0 aromatic carbocycles. The van der Waals surface area contributed by atoms with E-state index in [1.54, 1.807) is 6.92 Å². The first kappa shape index (κ1) is 16.2. The van der Waals surface area contributed by atoms with E-state index in [9.17, 15) is 23.1 Å². The van der Waals surface area contributed by atoms with Crippen LogP contribution < -0.4 is 0 Å². The van der Waals surface area contributed by atoms with Crippen LogP contribution in [0.5, 0.6) is 0 Å². The molecule has 9 heteroatoms. The van der Waals surface area contributed by atoms with Crippen LogP contribution in [0.4, 0.5) is 13.2 Å². The number of aryl methyl sites for hydroxylation is 1. The molecule has 2 fully saturated rings. The van der Waals surface area contributed by atoms with Crippen LogP contribution >= 0.6 is 0 Å². The Morgan fingerprint density at radius 2 is 2.04 bits per heavy atom. The number of hydrogen-bond acceptors (Lipinski definition) is 5. The number of β-amino-alcohol motifs (C(OH)–C–C–N with tert-alkyl or cyclic N) is 1. The summed E-state index contributed by atoms with van der Waals surface area (Å²) in [6.07, 6.45) is -5.10. The highest BCUT2D eigenvalue weighted by Crippen LogP contribution is 2.53. The van der Waals surface area contributed by atoms with Gasteiger partial charge in [-0.2, -0.15) is 18.2 Å². The fraction of sp³-hybridized carbons (Fsp3) is 0.786. The summed E-state index contributed by atoms with van der Waals surface area (Å²) in [5, 5.41) is 13.5. The van der Waals surface area contributed by atoms with Crippen molar-refractivity contribution in [3.8, 4) is 0 Å². The van der Waals surface area contributed by atoms with E-state index in [0.29, 0.717) is 18.7 Å². The minimum atomic E-state index is -4.61. The summed E-state index contributed by atoms with van der Waals surface area (Å²) in [5.41, 5.74) is -2.36. The van der Waals surface area contributed by atoms with Gasteiger partial charge in [0.1, 0.15) is 11.5 Å². The number of nitrogens with zero attached hydrogens (tertiary/aromatic N) is 3. The van der Waals surface area contributed by atoms with Gasteiger partial charge >= 0.3 is 6.18 Å². The second kappa shape index (κ2) is 5.47. The lowest BCUT2D eigenvalue weighted by atomic mass is 9.83. The van der Waals surface area contributed by atoms with Crippen molar-refractivity contribution in [3.05, 3.63) is 11.7 Å². The van der Waals surface area contributed by atoms with Crippen LogP contribution in [0.3, 0.4) is 0 Å². The lowest BCUT2D eigenvalue weighted by Gasteiger charge is -2.35. The maximum Gasteiger partial charge on any atom is 0.403 e. The predicted molar refractivity (Wildman–Crippen MR) is 71.1 cm³/mol. The van der Waals surface area contributed by atoms with Gasteiger partial charge in [0.25, 0.3) is 0 Å². The van der Waals surface area contributed by atoms with Crippen molar-refractivity contribution in [2.45, 2.75) is 57.3 Å². The van der Waals surface area contributed by atoms with Crippen molar-refractivity contribution in [1.82, 2.24) is 15.0 Å². The van der Waals surface area contributed by atoms with E-state index in [1.165, 1.54) is 0 Å². The number of amides is 1. The van der Waals surface area contributed by atoms with Gasteiger partial charge in [0.2, 0.25) is 11.8 Å². The molecule has 1 saturated heterocycles. The van der Waals surface area contributed by atoms with Gasteiger partial charge in [-0.05, 0) is 19.8 Å². The zero-order valence-corrected chi connectivity index (χ0v) is 12.6. The van der Waals surface area contributed by atoms with Gasteiger partial charge in [-0.1, -0.05) is 18.0 Å². The van der Waals surface area contributed by atoms with Crippen LogP contribution in [0, 0.1) is 12.3 Å². The van der Waals surface area contributed by atoms with E-state index in [-0.39, 0.29) is 31.7 Å². The number of rotatable bonds is 2. The molecule has 128 valence electrons. The van der Waals surface area contributed by atoms with Crippen molar-refractivity contribution in [2.24, 2.45) is 5.41 Å². The first-order chi connectivity index (χ1) is 10.7. The quantitative estimate of drug-likeness (QED) is 0.897. The molecule has 3 rings (SSSR count). The van der Waals surface area contributed by atoms with Crippen molar-refractivity contribution in [2.75, 3.05) is 6.54 Å². The molecule has 6 nitrogen and oxygen atoms in total. The minimum Gasteiger partial charge on any atom is -0.391 e. The van der Waals surface area contributed by atoms with Crippen LogP contribution in [-0.2, 0) is 4.79 Å². The number of aliphatic hydroxyl groups is 1. The van der Waals surface area contributed by atoms with Crippen molar-refractivity contribution >= 4 is 5.91 Å². The highest BCUT2D eigenvalue weighted by molar-refractivity contribution is 5.84. The maximum absolute atomic E-state index is 13.6. The Kier molecular flexibility index (Phi) is 3.86. The van der Waals surface area contributed by atoms with E-state index >= 15 is 0 Å². The first-order valence-electron chi connectivity index (χ1n) is 7.61. The zero-order valence-electron chi connectivity index (χ0n) is 12.6. The normalized spacial score (nSPS) is 27.6. The largest absolute Gasteiger partial charge is 0.403 e. The third kappa shape index (κ3) is 2.60. The van der Waals surface area contributed by atoms with Gasteiger partial charge in [-0.15, -0.1) is 0 Å². The van der Waals surface area contributed by atoms with Crippen LogP contribution in [-0.4, -0.2) is 44.9 Å². The molecule has 0 bridgehead atoms. The van der Waals surface area contributed by atoms with Crippen LogP contribution in [0.15, 0.2) is 4.52 Å². The maximum atomic E-state index is 13.6. The van der Waals surface area contributed by atoms with Crippen LogP contribution in [0.25, 0.3) is 0 Å². The number of carbonyl (C=O) groups is 1. The molecule has 1 aliphatic heterocycles. The summed E-state index contributed by atoms with van der Waals surface area (Å²) in [4.78, 5) is 17.8. The molecular weight excluding hydrogens is 315 g/mol. The number of aliphatic hydroxyl groups excluding tert-OH is 1. The number of aromatic nitrogens is 2. The van der Waals surface area contributed by atoms with E-state index in [4.69, 9.17) is 4.52 Å². The standard InChI is InChI=1S/C14H18F3N3O3/c1-8-18-11(23-19-8)10-6-9(21)7-20(10)12(22)13(14(15,16)17)4-2-3-5-13/h9-10,21H,2-7H2,1H3/t9-,10-/m1/s1. The van der Waals surface area contributed by atoms with Gasteiger partial charge < -0.3 is 14.5 Å². The molecule has 0 unspecified atom stereocenters. The predicted octanol–water partition coefficient (Wildman–Crippen LogP) is 2.14. The molecule has 1 N–H and O–H groups in total. The van der Waals surface area contributed by atoms with E-state index in [0.717, 1.165) is 4.90 Å². The Bertz CT molecular complexity index is 596. The van der Waals surface area contributed by atoms with Gasteiger partial charge in [0, 0.05) is 13.0 Å². The summed E-state index contributed by atoms with van der Waals surface area (Å²) in [6, 6.07) is -0.807. The van der Waals surface area contributed by atoms with Gasteiger partial charge in [-0.25, -0.2) is 0 Å². The molecule has 23 heavy (non-hydrogen) atoms. The third-order valence-corrected chi connectivity index (χ3v) is 4.78. The summed E-state index contributed by atoms with van der Waals surface area (Å²) in [6.45, 7) is 1.43. The highest BCUT2D eigenvalue weighted by Gasteiger charge is 2.63. The molecule has 1 amide bonds. The molecule has 1 aromatic rings. The Labute approximate surface area is 130 Å². The van der Waals surface area contributed by atoms with Gasteiger partial charge in [0.15, 0.2) is 5.82 Å². The Morgan fingerprint density at radius 3 is 2.57 bits per heavy atom. The first-order valence-corrected chi connectivity index (χ1v) is 7.61. The van der Waals surface area contributed by atoms with Crippen LogP contribution in [0.2, 0.25) is 0 Å². The van der Waals surface area contributed by atoms with E-state index in [2.05, 4.69) is 10.1 Å². The number of alkyl halides is 3. The SMILES string of the molecule is Cc1noc([C@H]2C[C@@H](O)CN2C(=O)C2(C(F)(F)F)CCCC2)n1. The van der Waals surface area contributed by atoms with Crippen LogP contribution in [0.1, 0.15) is 49.9 Å². The average molecular weight is 333 g/mol. The molecule has 0 radical (unpaired) electrons. The number of likely N-dealkylation sites (tertiary alicyclic amines) is 1. The number of halogens is 3. The minimum absolute atomic E-state index is 0.0720. The van der Waals surface area contributed by atoms with Crippen molar-refractivity contribution in [3.63, 3.8) is 0 Å². The van der Waals surface area contributed by atoms with E-state index in [1.807, 2.05) is 0 Å². The summed E-state index contributed by atoms with van der Waals surface area (Å²) >= 11 is 0. The second-order valence-corrected chi connectivity index (χ2v) is 6.33. The molecule has 2 heterocycles. The third-order valence-electron chi connectivity index (χ3n) is 4.78. The van der Waals surface area contributed by atoms with Gasteiger partial charge in [-0.3, -0.25) is 4.79 Å². The monoisotopic (exact) mass is 333 g/mol.